The van der Waals surface area contributed by atoms with E-state index in [0.29, 0.717) is 26.2 Å². The predicted molar refractivity (Wildman–Crippen MR) is 97.1 cm³/mol. The highest BCUT2D eigenvalue weighted by molar-refractivity contribution is 5.89. The number of carbonyl (C=O) groups excluding carboxylic acids is 4. The topological polar surface area (TPSA) is 157 Å². The minimum Gasteiger partial charge on any atom is -0.412 e. The molecule has 0 saturated carbocycles. The van der Waals surface area contributed by atoms with Crippen LogP contribution in [-0.2, 0) is 0 Å². The molecule has 7 fully saturated rings. The van der Waals surface area contributed by atoms with Crippen molar-refractivity contribution in [2.75, 3.05) is 39.5 Å². The van der Waals surface area contributed by atoms with E-state index in [1.165, 1.54) is 0 Å². The number of hydrogen-bond donors (Lipinski definition) is 0. The molecule has 30 heavy (non-hydrogen) atoms. The van der Waals surface area contributed by atoms with Gasteiger partial charge in [-0.25, -0.2) is 19.2 Å². The Morgan fingerprint density at radius 1 is 0.433 bits per heavy atom. The lowest BCUT2D eigenvalue weighted by Crippen LogP contribution is -2.62. The average Bonchev–Trinajstić information content (AvgIpc) is 3.32. The molecule has 0 aromatic rings. The van der Waals surface area contributed by atoms with Gasteiger partial charge in [-0.3, -0.25) is 39.2 Å². The van der Waals surface area contributed by atoms with Gasteiger partial charge in [0.1, 0.15) is 25.7 Å². The molecule has 7 rings (SSSR count). The standard InChI is InChI=1S/C16H20N8O4.2H2O/c25-13-17-3-1-4-18-9(17)11-21(13)7-23-12-10-19(15(23)27)5-2-6-20(10)16(28)24(12)8-22(11)14(18)26;;/h9-12H,1-8H2;2*1H2. The van der Waals surface area contributed by atoms with Crippen molar-refractivity contribution in [2.24, 2.45) is 0 Å². The number of nitrogens with zero attached hydrogens (tertiary/aromatic N) is 8. The normalized spacial score (nSPS) is 35.5. The van der Waals surface area contributed by atoms with Crippen LogP contribution in [0.2, 0.25) is 0 Å². The molecule has 0 radical (unpaired) electrons. The van der Waals surface area contributed by atoms with Gasteiger partial charge in [0.25, 0.3) is 0 Å². The molecule has 4 N–H and O–H groups in total. The van der Waals surface area contributed by atoms with Crippen LogP contribution in [0.15, 0.2) is 0 Å². The first kappa shape index (κ1) is 19.0. The summed E-state index contributed by atoms with van der Waals surface area (Å²) in [7, 11) is 0. The second kappa shape index (κ2) is 5.78. The zero-order valence-corrected chi connectivity index (χ0v) is 16.2. The fraction of sp³-hybridized carbons (Fsp3) is 0.750. The van der Waals surface area contributed by atoms with E-state index >= 15 is 0 Å². The second-order valence-electron chi connectivity index (χ2n) is 8.43. The largest absolute Gasteiger partial charge is 0.412 e. The smallest absolute Gasteiger partial charge is 0.325 e. The van der Waals surface area contributed by atoms with Crippen LogP contribution in [0.5, 0.6) is 0 Å². The fourth-order valence-electron chi connectivity index (χ4n) is 6.17. The van der Waals surface area contributed by atoms with Crippen molar-refractivity contribution in [3.63, 3.8) is 0 Å². The number of hydrogen-bond acceptors (Lipinski definition) is 4. The first-order chi connectivity index (χ1) is 13.6. The van der Waals surface area contributed by atoms with Gasteiger partial charge in [-0.05, 0) is 12.8 Å². The maximum absolute atomic E-state index is 13.1. The van der Waals surface area contributed by atoms with Gasteiger partial charge in [0.2, 0.25) is 0 Å². The van der Waals surface area contributed by atoms with E-state index in [1.807, 2.05) is 0 Å². The highest BCUT2D eigenvalue weighted by Crippen LogP contribution is 2.43. The lowest BCUT2D eigenvalue weighted by atomic mass is 10.2. The van der Waals surface area contributed by atoms with Gasteiger partial charge in [0, 0.05) is 26.2 Å². The Hall–Kier alpha value is -3.00. The number of urea groups is 4. The van der Waals surface area contributed by atoms with Crippen molar-refractivity contribution in [2.45, 2.75) is 37.5 Å². The molecule has 8 amide bonds. The van der Waals surface area contributed by atoms with Crippen LogP contribution in [0.3, 0.4) is 0 Å². The summed E-state index contributed by atoms with van der Waals surface area (Å²) in [4.78, 5) is 66.0. The van der Waals surface area contributed by atoms with E-state index in [1.54, 1.807) is 39.2 Å². The molecule has 7 aliphatic rings. The Morgan fingerprint density at radius 2 is 0.667 bits per heavy atom. The van der Waals surface area contributed by atoms with Gasteiger partial charge < -0.3 is 11.0 Å². The summed E-state index contributed by atoms with van der Waals surface area (Å²) >= 11 is 0. The third-order valence-electron chi connectivity index (χ3n) is 7.26. The van der Waals surface area contributed by atoms with Crippen molar-refractivity contribution in [1.29, 1.82) is 0 Å². The molecule has 14 heteroatoms. The van der Waals surface area contributed by atoms with Crippen LogP contribution in [0, 0.1) is 0 Å². The Balaban J connectivity index is 0.000000963. The molecule has 7 saturated heterocycles. The van der Waals surface area contributed by atoms with E-state index in [9.17, 15) is 19.2 Å². The molecule has 7 heterocycles. The van der Waals surface area contributed by atoms with Crippen molar-refractivity contribution in [3.8, 4) is 0 Å². The van der Waals surface area contributed by atoms with Crippen LogP contribution >= 0.6 is 0 Å². The first-order valence-corrected chi connectivity index (χ1v) is 9.87. The Labute approximate surface area is 171 Å². The Bertz CT molecular complexity index is 728. The fourth-order valence-corrected chi connectivity index (χ4v) is 6.17. The molecule has 0 bridgehead atoms. The summed E-state index contributed by atoms with van der Waals surface area (Å²) in [6, 6.07) is -0.539. The van der Waals surface area contributed by atoms with Gasteiger partial charge in [-0.15, -0.1) is 0 Å². The Kier molecular flexibility index (Phi) is 3.66. The molecular formula is C16H24N8O6. The van der Waals surface area contributed by atoms with E-state index in [-0.39, 0.29) is 60.7 Å². The predicted octanol–water partition coefficient (Wildman–Crippen LogP) is -2.67. The van der Waals surface area contributed by atoms with Crippen LogP contribution in [0.4, 0.5) is 19.2 Å². The van der Waals surface area contributed by atoms with Crippen molar-refractivity contribution < 1.29 is 30.1 Å². The van der Waals surface area contributed by atoms with Crippen LogP contribution in [0.1, 0.15) is 12.8 Å². The molecule has 7 aliphatic heterocycles. The first-order valence-electron chi connectivity index (χ1n) is 9.87. The molecule has 0 aliphatic carbocycles. The Morgan fingerprint density at radius 3 is 0.933 bits per heavy atom. The monoisotopic (exact) mass is 424 g/mol. The molecule has 0 aromatic heterocycles. The van der Waals surface area contributed by atoms with E-state index in [4.69, 9.17) is 0 Å². The quantitative estimate of drug-likeness (QED) is 0.415. The van der Waals surface area contributed by atoms with Gasteiger partial charge in [0.05, 0.1) is 0 Å². The highest BCUT2D eigenvalue weighted by Gasteiger charge is 2.67. The highest BCUT2D eigenvalue weighted by atomic mass is 16.2. The third kappa shape index (κ3) is 1.82. The van der Waals surface area contributed by atoms with Gasteiger partial charge in [-0.1, -0.05) is 0 Å². The van der Waals surface area contributed by atoms with E-state index in [0.717, 1.165) is 12.8 Å². The molecule has 14 nitrogen and oxygen atoms in total. The second-order valence-corrected chi connectivity index (χ2v) is 8.43. The summed E-state index contributed by atoms with van der Waals surface area (Å²) < 4.78 is 0. The maximum Gasteiger partial charge on any atom is 0.325 e. The number of rotatable bonds is 0. The minimum atomic E-state index is -0.466. The van der Waals surface area contributed by atoms with Crippen molar-refractivity contribution in [1.82, 2.24) is 39.2 Å². The summed E-state index contributed by atoms with van der Waals surface area (Å²) in [5.41, 5.74) is 0. The number of carbonyl (C=O) groups is 4. The molecule has 0 unspecified atom stereocenters. The minimum absolute atomic E-state index is 0. The van der Waals surface area contributed by atoms with Crippen LogP contribution in [0.25, 0.3) is 0 Å². The molecule has 0 spiro atoms. The molecule has 164 valence electrons. The molecular weight excluding hydrogens is 400 g/mol. The zero-order chi connectivity index (χ0) is 18.9. The summed E-state index contributed by atoms with van der Waals surface area (Å²) in [6.45, 7) is 2.63. The summed E-state index contributed by atoms with van der Waals surface area (Å²) in [5.74, 6) is 0. The van der Waals surface area contributed by atoms with E-state index in [2.05, 4.69) is 0 Å². The average molecular weight is 424 g/mol. The summed E-state index contributed by atoms with van der Waals surface area (Å²) in [6.07, 6.45) is -0.134. The van der Waals surface area contributed by atoms with Crippen LogP contribution in [-0.4, -0.2) is 138 Å². The van der Waals surface area contributed by atoms with Crippen LogP contribution < -0.4 is 0 Å². The number of amides is 8. The van der Waals surface area contributed by atoms with E-state index < -0.39 is 12.3 Å². The van der Waals surface area contributed by atoms with Gasteiger partial charge in [0.15, 0.2) is 12.3 Å². The lowest BCUT2D eigenvalue weighted by Gasteiger charge is -2.41. The zero-order valence-electron chi connectivity index (χ0n) is 16.2. The lowest BCUT2D eigenvalue weighted by molar-refractivity contribution is -0.00322. The van der Waals surface area contributed by atoms with Gasteiger partial charge >= 0.3 is 24.1 Å². The van der Waals surface area contributed by atoms with Gasteiger partial charge in [-0.2, -0.15) is 0 Å². The van der Waals surface area contributed by atoms with Crippen molar-refractivity contribution >= 4 is 24.1 Å². The van der Waals surface area contributed by atoms with Crippen molar-refractivity contribution in [3.05, 3.63) is 0 Å². The summed E-state index contributed by atoms with van der Waals surface area (Å²) in [5, 5.41) is 0. The molecule has 0 aromatic carbocycles. The SMILES string of the molecule is O.O.O=C1N2CCCN3C(=O)N4CN5C(=O)N6CCCN7C(=O)N(CN1C4C23)C5C76. The molecule has 0 atom stereocenters. The maximum atomic E-state index is 13.1. The third-order valence-corrected chi connectivity index (χ3v) is 7.26.